The van der Waals surface area contributed by atoms with Crippen molar-refractivity contribution in [2.45, 2.75) is 6.92 Å². The van der Waals surface area contributed by atoms with Crippen LogP contribution in [0.1, 0.15) is 6.92 Å². The molecule has 0 amide bonds. The highest BCUT2D eigenvalue weighted by molar-refractivity contribution is 5.72. The maximum absolute atomic E-state index is 11.7. The standard InChI is InChI=1S/C6H8FN/c1-3-4-5-8-6(2)7/h3-5H,1H2,2H3/b5-4-,8-6?. The van der Waals surface area contributed by atoms with Gasteiger partial charge in [-0.15, -0.1) is 0 Å². The second-order valence-corrected chi connectivity index (χ2v) is 1.20. The Morgan fingerprint density at radius 2 is 2.38 bits per heavy atom. The molecule has 0 saturated carbocycles. The molecule has 0 bridgehead atoms. The number of aliphatic imine (C=N–C) groups is 1. The third kappa shape index (κ3) is 5.08. The predicted octanol–water partition coefficient (Wildman–Crippen LogP) is 2.07. The summed E-state index contributed by atoms with van der Waals surface area (Å²) in [4.78, 5) is 3.31. The van der Waals surface area contributed by atoms with E-state index in [2.05, 4.69) is 11.6 Å². The molecule has 0 aliphatic heterocycles. The van der Waals surface area contributed by atoms with Crippen molar-refractivity contribution < 1.29 is 4.39 Å². The van der Waals surface area contributed by atoms with Gasteiger partial charge in [0.2, 0.25) is 0 Å². The summed E-state index contributed by atoms with van der Waals surface area (Å²) >= 11 is 0. The molecule has 0 aliphatic carbocycles. The molecule has 0 radical (unpaired) electrons. The molecular weight excluding hydrogens is 105 g/mol. The maximum Gasteiger partial charge on any atom is 0.185 e. The number of hydrogen-bond acceptors (Lipinski definition) is 1. The fourth-order valence-electron chi connectivity index (χ4n) is 0.207. The van der Waals surface area contributed by atoms with Gasteiger partial charge < -0.3 is 0 Å². The molecule has 0 aromatic carbocycles. The van der Waals surface area contributed by atoms with Crippen molar-refractivity contribution in [1.82, 2.24) is 0 Å². The number of hydrogen-bond donors (Lipinski definition) is 0. The van der Waals surface area contributed by atoms with E-state index in [0.717, 1.165) is 0 Å². The van der Waals surface area contributed by atoms with Crippen LogP contribution in [0.2, 0.25) is 0 Å². The second-order valence-electron chi connectivity index (χ2n) is 1.20. The summed E-state index contributed by atoms with van der Waals surface area (Å²) in [5.74, 6) is -0.442. The monoisotopic (exact) mass is 113 g/mol. The molecule has 0 N–H and O–H groups in total. The van der Waals surface area contributed by atoms with E-state index in [0.29, 0.717) is 0 Å². The van der Waals surface area contributed by atoms with Crippen LogP contribution in [0.15, 0.2) is 29.9 Å². The van der Waals surface area contributed by atoms with E-state index in [4.69, 9.17) is 0 Å². The number of halogens is 1. The molecule has 0 rings (SSSR count). The van der Waals surface area contributed by atoms with Gasteiger partial charge in [0.1, 0.15) is 0 Å². The first-order valence-corrected chi connectivity index (χ1v) is 2.25. The minimum atomic E-state index is -0.442. The van der Waals surface area contributed by atoms with Crippen molar-refractivity contribution in [2.75, 3.05) is 0 Å². The van der Waals surface area contributed by atoms with Crippen molar-refractivity contribution in [2.24, 2.45) is 4.99 Å². The lowest BCUT2D eigenvalue weighted by Crippen LogP contribution is -1.70. The summed E-state index contributed by atoms with van der Waals surface area (Å²) in [5.41, 5.74) is 0. The molecule has 0 heterocycles. The summed E-state index contributed by atoms with van der Waals surface area (Å²) < 4.78 is 11.7. The average molecular weight is 113 g/mol. The van der Waals surface area contributed by atoms with Gasteiger partial charge in [-0.3, -0.25) is 0 Å². The first-order valence-electron chi connectivity index (χ1n) is 2.25. The van der Waals surface area contributed by atoms with E-state index in [9.17, 15) is 4.39 Å². The molecule has 0 atom stereocenters. The Morgan fingerprint density at radius 3 is 2.75 bits per heavy atom. The summed E-state index contributed by atoms with van der Waals surface area (Å²) in [6.07, 6.45) is 4.44. The van der Waals surface area contributed by atoms with Gasteiger partial charge in [-0.25, -0.2) is 4.99 Å². The zero-order chi connectivity index (χ0) is 6.41. The lowest BCUT2D eigenvalue weighted by molar-refractivity contribution is 0.798. The first-order chi connectivity index (χ1) is 3.77. The molecule has 0 spiro atoms. The van der Waals surface area contributed by atoms with E-state index in [-0.39, 0.29) is 0 Å². The van der Waals surface area contributed by atoms with Crippen molar-refractivity contribution in [3.63, 3.8) is 0 Å². The molecule has 0 unspecified atom stereocenters. The highest BCUT2D eigenvalue weighted by atomic mass is 19.1. The maximum atomic E-state index is 11.7. The van der Waals surface area contributed by atoms with Gasteiger partial charge in [-0.2, -0.15) is 4.39 Å². The van der Waals surface area contributed by atoms with Gasteiger partial charge in [0.15, 0.2) is 5.97 Å². The number of nitrogens with zero attached hydrogens (tertiary/aromatic N) is 1. The molecule has 0 saturated heterocycles. The Hall–Kier alpha value is -0.920. The van der Waals surface area contributed by atoms with Crippen LogP contribution in [-0.2, 0) is 0 Å². The van der Waals surface area contributed by atoms with Crippen molar-refractivity contribution in [3.05, 3.63) is 24.9 Å². The van der Waals surface area contributed by atoms with Crippen LogP contribution < -0.4 is 0 Å². The zero-order valence-corrected chi connectivity index (χ0v) is 4.76. The minimum absolute atomic E-state index is 0.442. The molecule has 1 nitrogen and oxygen atoms in total. The average Bonchev–Trinajstić information content (AvgIpc) is 1.66. The third-order valence-electron chi connectivity index (χ3n) is 0.475. The largest absolute Gasteiger partial charge is 0.232 e. The summed E-state index contributed by atoms with van der Waals surface area (Å²) in [6.45, 7) is 4.66. The molecule has 0 aromatic heterocycles. The van der Waals surface area contributed by atoms with Crippen LogP contribution in [0.5, 0.6) is 0 Å². The molecule has 8 heavy (non-hydrogen) atoms. The first kappa shape index (κ1) is 7.08. The summed E-state index contributed by atoms with van der Waals surface area (Å²) in [5, 5.41) is 0. The van der Waals surface area contributed by atoms with Crippen LogP contribution in [-0.4, -0.2) is 5.97 Å². The molecule has 2 heteroatoms. The van der Waals surface area contributed by atoms with E-state index in [1.54, 1.807) is 6.08 Å². The predicted molar refractivity (Wildman–Crippen MR) is 33.6 cm³/mol. The third-order valence-corrected chi connectivity index (χ3v) is 0.475. The van der Waals surface area contributed by atoms with E-state index < -0.39 is 5.97 Å². The van der Waals surface area contributed by atoms with Crippen molar-refractivity contribution in [3.8, 4) is 0 Å². The normalized spacial score (nSPS) is 12.5. The Kier molecular flexibility index (Phi) is 3.76. The van der Waals surface area contributed by atoms with Crippen LogP contribution in [0.25, 0.3) is 0 Å². The van der Waals surface area contributed by atoms with Crippen LogP contribution in [0.4, 0.5) is 4.39 Å². The quantitative estimate of drug-likeness (QED) is 0.384. The van der Waals surface area contributed by atoms with E-state index in [1.807, 2.05) is 0 Å². The molecule has 44 valence electrons. The lowest BCUT2D eigenvalue weighted by atomic mass is 10.6. The van der Waals surface area contributed by atoms with Gasteiger partial charge in [0, 0.05) is 13.1 Å². The number of allylic oxidation sites excluding steroid dienone is 2. The van der Waals surface area contributed by atoms with E-state index >= 15 is 0 Å². The number of rotatable bonds is 2. The fraction of sp³-hybridized carbons (Fsp3) is 0.167. The van der Waals surface area contributed by atoms with Crippen LogP contribution in [0, 0.1) is 0 Å². The van der Waals surface area contributed by atoms with Crippen molar-refractivity contribution in [1.29, 1.82) is 0 Å². The van der Waals surface area contributed by atoms with Gasteiger partial charge in [-0.05, 0) is 6.08 Å². The van der Waals surface area contributed by atoms with Gasteiger partial charge in [0.05, 0.1) is 0 Å². The highest BCUT2D eigenvalue weighted by Gasteiger charge is 1.73. The van der Waals surface area contributed by atoms with Crippen LogP contribution in [0.3, 0.4) is 0 Å². The summed E-state index contributed by atoms with van der Waals surface area (Å²) in [6, 6.07) is 0. The topological polar surface area (TPSA) is 12.4 Å². The van der Waals surface area contributed by atoms with Crippen LogP contribution >= 0.6 is 0 Å². The molecule has 0 fully saturated rings. The smallest absolute Gasteiger partial charge is 0.185 e. The highest BCUT2D eigenvalue weighted by Crippen LogP contribution is 1.80. The SMILES string of the molecule is C=C/C=C\N=C(C)F. The Labute approximate surface area is 48.2 Å². The molecule has 0 aromatic rings. The van der Waals surface area contributed by atoms with Gasteiger partial charge in [-0.1, -0.05) is 12.7 Å². The Morgan fingerprint density at radius 1 is 1.75 bits per heavy atom. The molecular formula is C6H8FN. The Bertz CT molecular complexity index is 120. The second kappa shape index (κ2) is 4.24. The fourth-order valence-corrected chi connectivity index (χ4v) is 0.207. The lowest BCUT2D eigenvalue weighted by Gasteiger charge is -1.74. The van der Waals surface area contributed by atoms with Gasteiger partial charge >= 0.3 is 0 Å². The minimum Gasteiger partial charge on any atom is -0.232 e. The van der Waals surface area contributed by atoms with E-state index in [1.165, 1.54) is 19.2 Å². The summed E-state index contributed by atoms with van der Waals surface area (Å²) in [7, 11) is 0. The van der Waals surface area contributed by atoms with Gasteiger partial charge in [0.25, 0.3) is 0 Å². The molecule has 0 aliphatic rings. The Balaban J connectivity index is 3.57. The van der Waals surface area contributed by atoms with Crippen molar-refractivity contribution >= 4 is 5.97 Å². The zero-order valence-electron chi connectivity index (χ0n) is 4.76.